The van der Waals surface area contributed by atoms with E-state index < -0.39 is 35.6 Å². The summed E-state index contributed by atoms with van der Waals surface area (Å²) in [5, 5.41) is 3.00. The smallest absolute Gasteiger partial charge is 0.230 e. The molecule has 160 valence electrons. The molecule has 0 radical (unpaired) electrons. The van der Waals surface area contributed by atoms with Crippen molar-refractivity contribution in [1.29, 1.82) is 0 Å². The molecule has 2 amide bonds. The lowest BCUT2D eigenvalue weighted by atomic mass is 9.70. The van der Waals surface area contributed by atoms with E-state index in [-0.39, 0.29) is 29.9 Å². The Bertz CT molecular complexity index is 907. The van der Waals surface area contributed by atoms with Crippen molar-refractivity contribution in [2.75, 3.05) is 6.54 Å². The lowest BCUT2D eigenvalue weighted by Crippen LogP contribution is -2.55. The first kappa shape index (κ1) is 19.5. The van der Waals surface area contributed by atoms with Crippen molar-refractivity contribution in [2.24, 2.45) is 23.7 Å². The van der Waals surface area contributed by atoms with Gasteiger partial charge >= 0.3 is 0 Å². The van der Waals surface area contributed by atoms with Crippen molar-refractivity contribution < 1.29 is 23.5 Å². The molecule has 0 aromatic carbocycles. The summed E-state index contributed by atoms with van der Waals surface area (Å²) < 4.78 is 11.9. The van der Waals surface area contributed by atoms with Crippen molar-refractivity contribution >= 4 is 17.6 Å². The van der Waals surface area contributed by atoms with Crippen LogP contribution < -0.4 is 5.32 Å². The zero-order chi connectivity index (χ0) is 21.2. The maximum atomic E-state index is 13.7. The van der Waals surface area contributed by atoms with Gasteiger partial charge in [0, 0.05) is 18.9 Å². The van der Waals surface area contributed by atoms with Crippen LogP contribution >= 0.6 is 0 Å². The highest BCUT2D eigenvalue weighted by atomic mass is 16.5. The number of carbonyl (C=O) groups excluding carboxylic acids is 3. The predicted molar refractivity (Wildman–Crippen MR) is 107 cm³/mol. The van der Waals surface area contributed by atoms with Crippen molar-refractivity contribution in [2.45, 2.75) is 57.4 Å². The SMILES string of the molecule is CC(C)CCNC(=O)C1C2C(=O)N3C(c4ccco4)CC(=O)C(C)C3[C@]23C=C[C@@H]1O3. The fourth-order valence-electron chi connectivity index (χ4n) is 5.86. The molecule has 7 heteroatoms. The second kappa shape index (κ2) is 6.80. The number of furan rings is 1. The first-order valence-electron chi connectivity index (χ1n) is 10.9. The number of carbonyl (C=O) groups is 3. The van der Waals surface area contributed by atoms with Crippen LogP contribution in [0, 0.1) is 23.7 Å². The highest BCUT2D eigenvalue weighted by Crippen LogP contribution is 2.59. The van der Waals surface area contributed by atoms with Crippen LogP contribution in [0.15, 0.2) is 35.0 Å². The number of rotatable bonds is 5. The maximum absolute atomic E-state index is 13.7. The number of ether oxygens (including phenoxy) is 1. The third kappa shape index (κ3) is 2.57. The number of ketones is 1. The average Bonchev–Trinajstić information content (AvgIpc) is 3.46. The van der Waals surface area contributed by atoms with Crippen LogP contribution in [0.2, 0.25) is 0 Å². The van der Waals surface area contributed by atoms with Gasteiger partial charge in [0.25, 0.3) is 0 Å². The standard InChI is InChI=1S/C23H28N2O5/c1-12(2)7-9-24-21(27)18-17-6-8-23(30-17)19(18)22(28)25-14(16-5-4-10-29-16)11-15(26)13(3)20(23)25/h4-6,8,10,12-14,17-20H,7,9,11H2,1-3H3,(H,24,27)/t13?,14?,17-,18?,19?,20?,23-/m0/s1. The van der Waals surface area contributed by atoms with Crippen LogP contribution in [0.3, 0.4) is 0 Å². The number of nitrogens with one attached hydrogen (secondary N) is 1. The number of Topliss-reactive ketones (excluding diaryl/α,β-unsaturated/α-hetero) is 1. The molecule has 3 saturated heterocycles. The summed E-state index contributed by atoms with van der Waals surface area (Å²) in [7, 11) is 0. The molecule has 1 aromatic rings. The Balaban J connectivity index is 1.49. The molecule has 4 aliphatic heterocycles. The van der Waals surface area contributed by atoms with Crippen LogP contribution in [-0.4, -0.2) is 46.8 Å². The number of piperidine rings is 1. The zero-order valence-electron chi connectivity index (χ0n) is 17.5. The third-order valence-corrected chi connectivity index (χ3v) is 7.28. The Kier molecular flexibility index (Phi) is 4.43. The molecule has 7 atom stereocenters. The molecular formula is C23H28N2O5. The van der Waals surface area contributed by atoms with Crippen molar-refractivity contribution in [3.63, 3.8) is 0 Å². The lowest BCUT2D eigenvalue weighted by Gasteiger charge is -2.43. The van der Waals surface area contributed by atoms with Crippen molar-refractivity contribution in [3.8, 4) is 0 Å². The van der Waals surface area contributed by atoms with Gasteiger partial charge in [-0.3, -0.25) is 14.4 Å². The van der Waals surface area contributed by atoms with E-state index >= 15 is 0 Å². The molecular weight excluding hydrogens is 384 g/mol. The molecule has 30 heavy (non-hydrogen) atoms. The van der Waals surface area contributed by atoms with E-state index in [1.807, 2.05) is 19.1 Å². The summed E-state index contributed by atoms with van der Waals surface area (Å²) in [6, 6.07) is 2.68. The van der Waals surface area contributed by atoms with E-state index in [9.17, 15) is 14.4 Å². The van der Waals surface area contributed by atoms with Crippen LogP contribution in [-0.2, 0) is 19.1 Å². The van der Waals surface area contributed by atoms with Crippen LogP contribution in [0.1, 0.15) is 45.4 Å². The topological polar surface area (TPSA) is 88.9 Å². The normalized spacial score (nSPS) is 39.0. The van der Waals surface area contributed by atoms with Crippen molar-refractivity contribution in [1.82, 2.24) is 10.2 Å². The van der Waals surface area contributed by atoms with Gasteiger partial charge < -0.3 is 19.4 Å². The minimum absolute atomic E-state index is 0.0887. The fourth-order valence-corrected chi connectivity index (χ4v) is 5.86. The molecule has 4 aliphatic rings. The van der Waals surface area contributed by atoms with Crippen LogP contribution in [0.5, 0.6) is 0 Å². The zero-order valence-corrected chi connectivity index (χ0v) is 17.5. The first-order chi connectivity index (χ1) is 14.3. The second-order valence-electron chi connectivity index (χ2n) is 9.45. The minimum Gasteiger partial charge on any atom is -0.467 e. The summed E-state index contributed by atoms with van der Waals surface area (Å²) in [4.78, 5) is 41.5. The van der Waals surface area contributed by atoms with Gasteiger partial charge in [0.1, 0.15) is 17.1 Å². The third-order valence-electron chi connectivity index (χ3n) is 7.28. The van der Waals surface area contributed by atoms with E-state index in [2.05, 4.69) is 19.2 Å². The molecule has 5 heterocycles. The minimum atomic E-state index is -0.928. The number of fused-ring (bicyclic) bond motifs is 2. The predicted octanol–water partition coefficient (Wildman–Crippen LogP) is 2.24. The summed E-state index contributed by atoms with van der Waals surface area (Å²) in [6.07, 6.45) is 6.05. The summed E-state index contributed by atoms with van der Waals surface area (Å²) in [5.41, 5.74) is -0.928. The molecule has 0 aliphatic carbocycles. The number of nitrogens with zero attached hydrogens (tertiary/aromatic N) is 1. The molecule has 5 unspecified atom stereocenters. The average molecular weight is 412 g/mol. The van der Waals surface area contributed by atoms with E-state index in [0.717, 1.165) is 6.42 Å². The van der Waals surface area contributed by atoms with Gasteiger partial charge in [-0.1, -0.05) is 32.9 Å². The molecule has 2 bridgehead atoms. The highest BCUT2D eigenvalue weighted by Gasteiger charge is 2.74. The molecule has 1 N–H and O–H groups in total. The van der Waals surface area contributed by atoms with Gasteiger partial charge in [-0.25, -0.2) is 0 Å². The first-order valence-corrected chi connectivity index (χ1v) is 10.9. The Morgan fingerprint density at radius 1 is 1.37 bits per heavy atom. The summed E-state index contributed by atoms with van der Waals surface area (Å²) in [5.74, 6) is -0.628. The van der Waals surface area contributed by atoms with E-state index in [1.165, 1.54) is 0 Å². The quantitative estimate of drug-likeness (QED) is 0.750. The molecule has 5 rings (SSSR count). The van der Waals surface area contributed by atoms with Gasteiger partial charge in [-0.05, 0) is 24.5 Å². The highest BCUT2D eigenvalue weighted by molar-refractivity contribution is 5.96. The summed E-state index contributed by atoms with van der Waals surface area (Å²) in [6.45, 7) is 6.66. The van der Waals surface area contributed by atoms with Crippen LogP contribution in [0.25, 0.3) is 0 Å². The van der Waals surface area contributed by atoms with Gasteiger partial charge in [0.15, 0.2) is 0 Å². The van der Waals surface area contributed by atoms with Crippen LogP contribution in [0.4, 0.5) is 0 Å². The molecule has 7 nitrogen and oxygen atoms in total. The largest absolute Gasteiger partial charge is 0.467 e. The van der Waals surface area contributed by atoms with Gasteiger partial charge in [-0.15, -0.1) is 0 Å². The maximum Gasteiger partial charge on any atom is 0.230 e. The van der Waals surface area contributed by atoms with Crippen molar-refractivity contribution in [3.05, 3.63) is 36.3 Å². The van der Waals surface area contributed by atoms with E-state index in [1.54, 1.807) is 23.3 Å². The Hall–Kier alpha value is -2.41. The lowest BCUT2D eigenvalue weighted by molar-refractivity contribution is -0.148. The Morgan fingerprint density at radius 3 is 2.87 bits per heavy atom. The molecule has 1 aromatic heterocycles. The Labute approximate surface area is 175 Å². The van der Waals surface area contributed by atoms with Gasteiger partial charge in [-0.2, -0.15) is 0 Å². The van der Waals surface area contributed by atoms with E-state index in [4.69, 9.17) is 9.15 Å². The number of hydrogen-bond acceptors (Lipinski definition) is 5. The second-order valence-corrected chi connectivity index (χ2v) is 9.45. The monoisotopic (exact) mass is 412 g/mol. The molecule has 1 spiro atoms. The van der Waals surface area contributed by atoms with E-state index in [0.29, 0.717) is 18.2 Å². The Morgan fingerprint density at radius 2 is 2.17 bits per heavy atom. The molecule has 3 fully saturated rings. The van der Waals surface area contributed by atoms with Gasteiger partial charge in [0.05, 0.1) is 36.3 Å². The fraction of sp³-hybridized carbons (Fsp3) is 0.609. The number of hydrogen-bond donors (Lipinski definition) is 1. The summed E-state index contributed by atoms with van der Waals surface area (Å²) >= 11 is 0. The van der Waals surface area contributed by atoms with Gasteiger partial charge in [0.2, 0.25) is 11.8 Å². The number of amides is 2. The molecule has 0 saturated carbocycles.